The summed E-state index contributed by atoms with van der Waals surface area (Å²) in [4.78, 5) is 12.9. The first-order valence-corrected chi connectivity index (χ1v) is 3.22. The van der Waals surface area contributed by atoms with Gasteiger partial charge in [0.15, 0.2) is 0 Å². The molecule has 0 saturated carbocycles. The summed E-state index contributed by atoms with van der Waals surface area (Å²) in [5.74, 6) is -0.737. The second-order valence-electron chi connectivity index (χ2n) is 2.29. The Bertz CT molecular complexity index is 356. The van der Waals surface area contributed by atoms with Crippen molar-refractivity contribution in [2.75, 3.05) is 0 Å². The smallest absolute Gasteiger partial charge is 0.240 e. The molecule has 62 valence electrons. The second-order valence-corrected chi connectivity index (χ2v) is 2.29. The van der Waals surface area contributed by atoms with Crippen molar-refractivity contribution in [2.45, 2.75) is 6.92 Å². The lowest BCUT2D eigenvalue weighted by atomic mass is 10.2. The number of aryl methyl sites for hydroxylation is 1. The topological polar surface area (TPSA) is 49.7 Å². The number of phenolic OH excluding ortho intramolecular Hbond substituents is 1. The Morgan fingerprint density at radius 2 is 2.25 bits per heavy atom. The lowest BCUT2D eigenvalue weighted by molar-refractivity contribution is 0.469. The van der Waals surface area contributed by atoms with Gasteiger partial charge in [0, 0.05) is 6.07 Å². The van der Waals surface area contributed by atoms with Crippen LogP contribution in [0.4, 0.5) is 10.1 Å². The summed E-state index contributed by atoms with van der Waals surface area (Å²) < 4.78 is 12.8. The van der Waals surface area contributed by atoms with E-state index in [-0.39, 0.29) is 11.4 Å². The van der Waals surface area contributed by atoms with Crippen LogP contribution in [0.2, 0.25) is 0 Å². The first-order chi connectivity index (χ1) is 5.65. The molecule has 0 aliphatic rings. The van der Waals surface area contributed by atoms with Gasteiger partial charge in [-0.25, -0.2) is 9.18 Å². The van der Waals surface area contributed by atoms with Crippen molar-refractivity contribution in [3.8, 4) is 5.75 Å². The summed E-state index contributed by atoms with van der Waals surface area (Å²) >= 11 is 0. The molecular weight excluding hydrogens is 161 g/mol. The second kappa shape index (κ2) is 3.15. The molecule has 0 bridgehead atoms. The van der Waals surface area contributed by atoms with E-state index in [1.54, 1.807) is 6.92 Å². The van der Waals surface area contributed by atoms with Crippen LogP contribution in [0.25, 0.3) is 0 Å². The van der Waals surface area contributed by atoms with Gasteiger partial charge in [-0.2, -0.15) is 4.99 Å². The molecule has 4 heteroatoms. The molecule has 0 saturated heterocycles. The molecular formula is C8H6FNO2. The molecule has 1 N–H and O–H groups in total. The zero-order chi connectivity index (χ0) is 9.14. The highest BCUT2D eigenvalue weighted by Crippen LogP contribution is 2.26. The monoisotopic (exact) mass is 167 g/mol. The van der Waals surface area contributed by atoms with Crippen molar-refractivity contribution in [3.05, 3.63) is 23.5 Å². The minimum absolute atomic E-state index is 0.0922. The zero-order valence-corrected chi connectivity index (χ0v) is 6.34. The number of nitrogens with zero attached hydrogens (tertiary/aromatic N) is 1. The molecule has 1 rings (SSSR count). The molecule has 0 unspecified atom stereocenters. The van der Waals surface area contributed by atoms with Gasteiger partial charge in [-0.15, -0.1) is 0 Å². The average molecular weight is 167 g/mol. The highest BCUT2D eigenvalue weighted by molar-refractivity contribution is 5.54. The largest absolute Gasteiger partial charge is 0.508 e. The highest BCUT2D eigenvalue weighted by atomic mass is 19.1. The molecule has 0 heterocycles. The maximum Gasteiger partial charge on any atom is 0.240 e. The summed E-state index contributed by atoms with van der Waals surface area (Å²) in [6.45, 7) is 1.55. The Morgan fingerprint density at radius 1 is 1.58 bits per heavy atom. The number of rotatable bonds is 1. The maximum atomic E-state index is 12.8. The molecule has 3 nitrogen and oxygen atoms in total. The van der Waals surface area contributed by atoms with Gasteiger partial charge in [0.1, 0.15) is 17.3 Å². The van der Waals surface area contributed by atoms with E-state index in [4.69, 9.17) is 5.11 Å². The summed E-state index contributed by atoms with van der Waals surface area (Å²) in [5.41, 5.74) is 0.199. The third-order valence-corrected chi connectivity index (χ3v) is 1.43. The standard InChI is InChI=1S/C8H6FNO2/c1-5-2-6(9)7(10-4-11)3-8(5)12/h2-3,12H,1H3. The minimum atomic E-state index is -0.645. The van der Waals surface area contributed by atoms with Gasteiger partial charge in [0.05, 0.1) is 0 Å². The van der Waals surface area contributed by atoms with Crippen LogP contribution in [-0.2, 0) is 4.79 Å². The van der Waals surface area contributed by atoms with Gasteiger partial charge in [0.25, 0.3) is 0 Å². The molecule has 0 radical (unpaired) electrons. The van der Waals surface area contributed by atoms with Crippen LogP contribution in [0.3, 0.4) is 0 Å². The van der Waals surface area contributed by atoms with Crippen molar-refractivity contribution < 1.29 is 14.3 Å². The number of aliphatic imine (C=N–C) groups is 1. The Hall–Kier alpha value is -1.67. The van der Waals surface area contributed by atoms with Gasteiger partial charge < -0.3 is 5.11 Å². The van der Waals surface area contributed by atoms with E-state index in [2.05, 4.69) is 4.99 Å². The number of hydrogen-bond acceptors (Lipinski definition) is 3. The van der Waals surface area contributed by atoms with E-state index in [1.807, 2.05) is 0 Å². The minimum Gasteiger partial charge on any atom is -0.508 e. The van der Waals surface area contributed by atoms with E-state index in [1.165, 1.54) is 6.08 Å². The molecule has 12 heavy (non-hydrogen) atoms. The molecule has 0 aliphatic carbocycles. The normalized spacial score (nSPS) is 9.17. The number of aromatic hydroxyl groups is 1. The molecule has 0 fully saturated rings. The highest BCUT2D eigenvalue weighted by Gasteiger charge is 2.04. The molecule has 0 atom stereocenters. The van der Waals surface area contributed by atoms with Gasteiger partial charge in [-0.3, -0.25) is 0 Å². The summed E-state index contributed by atoms with van der Waals surface area (Å²) in [6.07, 6.45) is 1.20. The molecule has 0 spiro atoms. The van der Waals surface area contributed by atoms with E-state index < -0.39 is 5.82 Å². The molecule has 0 amide bonds. The van der Waals surface area contributed by atoms with Crippen molar-refractivity contribution in [2.24, 2.45) is 4.99 Å². The van der Waals surface area contributed by atoms with Gasteiger partial charge in [-0.05, 0) is 18.6 Å². The van der Waals surface area contributed by atoms with Crippen LogP contribution in [0.15, 0.2) is 17.1 Å². The number of phenols is 1. The predicted molar refractivity (Wildman–Crippen MR) is 40.6 cm³/mol. The number of halogens is 1. The number of hydrogen-bond donors (Lipinski definition) is 1. The first-order valence-electron chi connectivity index (χ1n) is 3.22. The fraction of sp³-hybridized carbons (Fsp3) is 0.125. The van der Waals surface area contributed by atoms with Crippen LogP contribution in [0.5, 0.6) is 5.75 Å². The molecule has 0 aliphatic heterocycles. The van der Waals surface area contributed by atoms with Crippen LogP contribution in [0, 0.1) is 12.7 Å². The van der Waals surface area contributed by atoms with Crippen molar-refractivity contribution >= 4 is 11.8 Å². The Morgan fingerprint density at radius 3 is 2.83 bits per heavy atom. The maximum absolute atomic E-state index is 12.8. The van der Waals surface area contributed by atoms with Gasteiger partial charge in [-0.1, -0.05) is 0 Å². The third-order valence-electron chi connectivity index (χ3n) is 1.43. The quantitative estimate of drug-likeness (QED) is 0.512. The fourth-order valence-corrected chi connectivity index (χ4v) is 0.785. The van der Waals surface area contributed by atoms with Crippen molar-refractivity contribution in [1.29, 1.82) is 0 Å². The fourth-order valence-electron chi connectivity index (χ4n) is 0.785. The Kier molecular flexibility index (Phi) is 2.21. The molecule has 1 aromatic carbocycles. The lowest BCUT2D eigenvalue weighted by Gasteiger charge is -1.99. The number of isocyanates is 1. The van der Waals surface area contributed by atoms with Crippen LogP contribution >= 0.6 is 0 Å². The predicted octanol–water partition coefficient (Wildman–Crippen LogP) is 1.81. The van der Waals surface area contributed by atoms with Crippen LogP contribution in [0.1, 0.15) is 5.56 Å². The Labute approximate surface area is 68.2 Å². The van der Waals surface area contributed by atoms with Gasteiger partial charge >= 0.3 is 0 Å². The van der Waals surface area contributed by atoms with Crippen molar-refractivity contribution in [1.82, 2.24) is 0 Å². The Balaban J connectivity index is 3.32. The third kappa shape index (κ3) is 1.49. The van der Waals surface area contributed by atoms with Crippen LogP contribution in [-0.4, -0.2) is 11.2 Å². The summed E-state index contributed by atoms with van der Waals surface area (Å²) in [6, 6.07) is 2.18. The van der Waals surface area contributed by atoms with E-state index in [0.29, 0.717) is 5.56 Å². The molecule has 1 aromatic rings. The average Bonchev–Trinajstić information content (AvgIpc) is 2.01. The number of carbonyl (C=O) groups excluding carboxylic acids is 1. The number of benzene rings is 1. The zero-order valence-electron chi connectivity index (χ0n) is 6.34. The lowest BCUT2D eigenvalue weighted by Crippen LogP contribution is -1.80. The summed E-state index contributed by atoms with van der Waals surface area (Å²) in [7, 11) is 0. The van der Waals surface area contributed by atoms with E-state index >= 15 is 0 Å². The summed E-state index contributed by atoms with van der Waals surface area (Å²) in [5, 5.41) is 9.09. The van der Waals surface area contributed by atoms with Gasteiger partial charge in [0.2, 0.25) is 6.08 Å². The van der Waals surface area contributed by atoms with Crippen molar-refractivity contribution in [3.63, 3.8) is 0 Å². The van der Waals surface area contributed by atoms with Crippen LogP contribution < -0.4 is 0 Å². The van der Waals surface area contributed by atoms with E-state index in [9.17, 15) is 9.18 Å². The molecule has 0 aromatic heterocycles. The SMILES string of the molecule is Cc1cc(F)c(N=C=O)cc1O. The first kappa shape index (κ1) is 8.43. The van der Waals surface area contributed by atoms with E-state index in [0.717, 1.165) is 12.1 Å².